The van der Waals surface area contributed by atoms with E-state index in [1.165, 1.54) is 0 Å². The first-order chi connectivity index (χ1) is 11.7. The second kappa shape index (κ2) is 22.7. The van der Waals surface area contributed by atoms with Crippen molar-refractivity contribution in [2.75, 3.05) is 13.2 Å². The Morgan fingerprint density at radius 3 is 1.36 bits per heavy atom. The summed E-state index contributed by atoms with van der Waals surface area (Å²) >= 11 is -0.574. The summed E-state index contributed by atoms with van der Waals surface area (Å²) in [6.45, 7) is 12.6. The molecule has 0 saturated heterocycles. The van der Waals surface area contributed by atoms with E-state index in [1.807, 2.05) is 27.7 Å². The summed E-state index contributed by atoms with van der Waals surface area (Å²) in [6, 6.07) is 0. The average molecular weight is 396 g/mol. The van der Waals surface area contributed by atoms with Crippen LogP contribution in [-0.2, 0) is 45.6 Å². The van der Waals surface area contributed by atoms with Crippen LogP contribution in [0.5, 0.6) is 0 Å². The fourth-order valence-electron chi connectivity index (χ4n) is 0.620. The van der Waals surface area contributed by atoms with Gasteiger partial charge in [0.25, 0.3) is 0 Å². The number of ether oxygens (including phenoxy) is 2. The Morgan fingerprint density at radius 2 is 1.16 bits per heavy atom. The van der Waals surface area contributed by atoms with Crippen LogP contribution >= 0.6 is 0 Å². The number of carboxylic acids is 2. The molecule has 0 aromatic heterocycles. The number of rotatable bonds is 10. The number of carbonyl (C=O) groups excluding carboxylic acids is 2. The van der Waals surface area contributed by atoms with Crippen molar-refractivity contribution in [2.45, 2.75) is 53.8 Å². The van der Waals surface area contributed by atoms with E-state index in [-0.39, 0.29) is 0 Å². The molecule has 0 aromatic carbocycles. The molecule has 0 amide bonds. The summed E-state index contributed by atoms with van der Waals surface area (Å²) < 4.78 is 19.6. The summed E-state index contributed by atoms with van der Waals surface area (Å²) in [5.74, 6) is -2.48. The van der Waals surface area contributed by atoms with Gasteiger partial charge < -0.3 is 29.3 Å². The van der Waals surface area contributed by atoms with Crippen LogP contribution < -0.4 is 10.2 Å². The Balaban J connectivity index is -0.000000291. The van der Waals surface area contributed by atoms with Gasteiger partial charge in [0.05, 0.1) is 37.7 Å². The summed E-state index contributed by atoms with van der Waals surface area (Å²) in [4.78, 5) is 19.2. The molecule has 0 aliphatic rings. The Labute approximate surface area is 159 Å². The van der Waals surface area contributed by atoms with Gasteiger partial charge in [-0.05, 0) is 26.0 Å². The Kier molecular flexibility index (Phi) is 25.8. The third-order valence-electron chi connectivity index (χ3n) is 1.50. The topological polar surface area (TPSA) is 117 Å². The molecule has 0 fully saturated rings. The predicted octanol–water partition coefficient (Wildman–Crippen LogP) is 0.322. The van der Waals surface area contributed by atoms with Gasteiger partial charge in [-0.15, -0.1) is 0 Å². The van der Waals surface area contributed by atoms with Crippen LogP contribution in [0.25, 0.3) is 0 Å². The minimum absolute atomic E-state index is 0.323. The maximum Gasteiger partial charge on any atom is 0.0846 e. The van der Waals surface area contributed by atoms with Crippen LogP contribution in [0.15, 0.2) is 24.7 Å². The molecular formula is C16H28O8Ti. The number of hydrogen-bond acceptors (Lipinski definition) is 8. The predicted molar refractivity (Wildman–Crippen MR) is 84.0 cm³/mol. The smallest absolute Gasteiger partial charge is 0.0846 e. The van der Waals surface area contributed by atoms with E-state index in [2.05, 4.69) is 9.47 Å². The first-order valence-corrected chi connectivity index (χ1v) is 8.99. The van der Waals surface area contributed by atoms with E-state index in [9.17, 15) is 19.8 Å². The van der Waals surface area contributed by atoms with Crippen LogP contribution in [0, 0.1) is 0 Å². The molecule has 0 spiro atoms. The van der Waals surface area contributed by atoms with Crippen LogP contribution in [0.3, 0.4) is 0 Å². The van der Waals surface area contributed by atoms with Gasteiger partial charge in [0.2, 0.25) is 0 Å². The molecule has 0 aliphatic heterocycles. The van der Waals surface area contributed by atoms with E-state index < -0.39 is 31.9 Å². The third-order valence-corrected chi connectivity index (χ3v) is 3.27. The van der Waals surface area contributed by atoms with Crippen LogP contribution in [0.4, 0.5) is 0 Å². The monoisotopic (exact) mass is 396 g/mol. The molecular weight excluding hydrogens is 368 g/mol. The summed E-state index contributed by atoms with van der Waals surface area (Å²) in [7, 11) is 0. The maximum atomic E-state index is 9.60. The Hall–Kier alpha value is -1.35. The zero-order valence-electron chi connectivity index (χ0n) is 15.6. The minimum atomic E-state index is -1.24. The van der Waals surface area contributed by atoms with Crippen molar-refractivity contribution in [3.63, 3.8) is 0 Å². The summed E-state index contributed by atoms with van der Waals surface area (Å²) in [6.07, 6.45) is 4.50. The fourth-order valence-corrected chi connectivity index (χ4v) is 1.31. The molecule has 0 aromatic rings. The molecule has 0 N–H and O–H groups in total. The number of hydrogen-bond donors (Lipinski definition) is 0. The molecule has 25 heavy (non-hydrogen) atoms. The van der Waals surface area contributed by atoms with Gasteiger partial charge in [0.1, 0.15) is 0 Å². The van der Waals surface area contributed by atoms with Crippen molar-refractivity contribution in [3.8, 4) is 0 Å². The number of carboxylic acid groups (broad SMARTS) is 2. The van der Waals surface area contributed by atoms with Crippen LogP contribution in [0.2, 0.25) is 0 Å². The molecule has 0 saturated carbocycles. The van der Waals surface area contributed by atoms with Crippen molar-refractivity contribution in [3.05, 3.63) is 24.7 Å². The first kappa shape index (κ1) is 28.5. The van der Waals surface area contributed by atoms with Gasteiger partial charge in [0.15, 0.2) is 0 Å². The first-order valence-electron chi connectivity index (χ1n) is 7.71. The van der Waals surface area contributed by atoms with E-state index in [1.54, 1.807) is 13.8 Å². The van der Waals surface area contributed by atoms with Gasteiger partial charge in [-0.3, -0.25) is 0 Å². The zero-order valence-corrected chi connectivity index (χ0v) is 17.2. The van der Waals surface area contributed by atoms with E-state index >= 15 is 0 Å². The molecule has 0 atom stereocenters. The quantitative estimate of drug-likeness (QED) is 0.294. The second-order valence-corrected chi connectivity index (χ2v) is 5.57. The van der Waals surface area contributed by atoms with E-state index in [4.69, 9.17) is 6.64 Å². The molecule has 0 unspecified atom stereocenters. The summed E-state index contributed by atoms with van der Waals surface area (Å²) in [5.41, 5.74) is 0. The van der Waals surface area contributed by atoms with Gasteiger partial charge >= 0.3 is 66.5 Å². The van der Waals surface area contributed by atoms with Crippen molar-refractivity contribution in [1.82, 2.24) is 0 Å². The van der Waals surface area contributed by atoms with Crippen LogP contribution in [0.1, 0.15) is 41.5 Å². The second-order valence-electron chi connectivity index (χ2n) is 4.57. The van der Waals surface area contributed by atoms with Crippen molar-refractivity contribution in [2.24, 2.45) is 0 Å². The average Bonchev–Trinajstić information content (AvgIpc) is 2.47. The van der Waals surface area contributed by atoms with Crippen LogP contribution in [-0.4, -0.2) is 37.4 Å². The zero-order chi connectivity index (χ0) is 20.1. The van der Waals surface area contributed by atoms with Gasteiger partial charge in [-0.1, -0.05) is 0 Å². The Morgan fingerprint density at radius 1 is 0.840 bits per heavy atom. The Bertz CT molecular complexity index is 333. The minimum Gasteiger partial charge on any atom is -0.545 e. The molecule has 8 nitrogen and oxygen atoms in total. The molecule has 9 heteroatoms. The molecule has 0 rings (SSSR count). The number of aliphatic carboxylic acids is 2. The SMILES string of the molecule is CC(C)[O][Ti+2][O]C(C)C.CCOC=CC(=O)[O-].CCOC=CC(=O)[O-]. The standard InChI is InChI=1S/2C5H8O3.2C3H7O.Ti/c2*1-2-8-4-3-5(6)7;2*1-3(2)4;/h2*3-4H,2H2,1H3,(H,6,7);2*3H,1-2H3;/q;;2*-1;+4/p-2. The summed E-state index contributed by atoms with van der Waals surface area (Å²) in [5, 5.41) is 19.2. The van der Waals surface area contributed by atoms with Gasteiger partial charge in [-0.2, -0.15) is 0 Å². The third kappa shape index (κ3) is 45.0. The van der Waals surface area contributed by atoms with E-state index in [0.29, 0.717) is 25.4 Å². The molecule has 0 heterocycles. The normalized spacial score (nSPS) is 9.92. The van der Waals surface area contributed by atoms with Crippen molar-refractivity contribution < 1.29 is 55.8 Å². The molecule has 0 bridgehead atoms. The van der Waals surface area contributed by atoms with Crippen molar-refractivity contribution in [1.29, 1.82) is 0 Å². The van der Waals surface area contributed by atoms with E-state index in [0.717, 1.165) is 24.7 Å². The largest absolute Gasteiger partial charge is 0.545 e. The van der Waals surface area contributed by atoms with Gasteiger partial charge in [-0.25, -0.2) is 0 Å². The fraction of sp³-hybridized carbons (Fsp3) is 0.625. The number of carbonyl (C=O) groups is 2. The maximum absolute atomic E-state index is 9.60. The molecule has 0 radical (unpaired) electrons. The van der Waals surface area contributed by atoms with Crippen molar-refractivity contribution >= 4 is 11.9 Å². The molecule has 0 aliphatic carbocycles. The molecule has 144 valence electrons. The van der Waals surface area contributed by atoms with Gasteiger partial charge in [0, 0.05) is 0 Å².